The van der Waals surface area contributed by atoms with Gasteiger partial charge in [-0.2, -0.15) is 0 Å². The van der Waals surface area contributed by atoms with Crippen molar-refractivity contribution in [2.75, 3.05) is 0 Å². The van der Waals surface area contributed by atoms with Crippen LogP contribution >= 0.6 is 11.6 Å². The van der Waals surface area contributed by atoms with Crippen molar-refractivity contribution >= 4 is 35.2 Å². The van der Waals surface area contributed by atoms with Gasteiger partial charge in [0.25, 0.3) is 0 Å². The first-order chi connectivity index (χ1) is 13.3. The van der Waals surface area contributed by atoms with Crippen molar-refractivity contribution in [3.8, 4) is 5.88 Å². The quantitative estimate of drug-likeness (QED) is 0.681. The summed E-state index contributed by atoms with van der Waals surface area (Å²) in [5, 5.41) is 11.1. The van der Waals surface area contributed by atoms with Crippen LogP contribution in [0.5, 0.6) is 5.88 Å². The molecule has 1 aromatic heterocycles. The fraction of sp³-hybridized carbons (Fsp3) is 0.100. The molecule has 0 saturated heterocycles. The second kappa shape index (κ2) is 6.76. The molecule has 28 heavy (non-hydrogen) atoms. The first-order valence-corrected chi connectivity index (χ1v) is 8.74. The maximum absolute atomic E-state index is 13.4. The number of allylic oxidation sites excluding steroid dienone is 1. The van der Waals surface area contributed by atoms with E-state index < -0.39 is 17.3 Å². The van der Waals surface area contributed by atoms with Gasteiger partial charge in [0.05, 0.1) is 12.2 Å². The Balaban J connectivity index is 1.71. The number of benzene rings is 2. The molecule has 0 fully saturated rings. The molecule has 0 amide bonds. The molecular formula is C20H14ClF2N3O2. The third-order valence-electron chi connectivity index (χ3n) is 4.62. The van der Waals surface area contributed by atoms with Gasteiger partial charge in [-0.25, -0.2) is 13.6 Å². The van der Waals surface area contributed by atoms with Crippen molar-refractivity contribution in [2.24, 2.45) is 4.99 Å². The molecule has 2 aromatic carbocycles. The molecule has 0 saturated carbocycles. The summed E-state index contributed by atoms with van der Waals surface area (Å²) in [6, 6.07) is 6.88. The van der Waals surface area contributed by atoms with Crippen LogP contribution in [-0.4, -0.2) is 20.9 Å². The largest absolute Gasteiger partial charge is 0.493 e. The number of aromatic amines is 1. The number of hydrogen-bond acceptors (Lipinski definition) is 3. The number of aliphatic imine (C=N–C) groups is 1. The van der Waals surface area contributed by atoms with Crippen molar-refractivity contribution in [3.05, 3.63) is 79.9 Å². The highest BCUT2D eigenvalue weighted by Gasteiger charge is 2.19. The smallest absolute Gasteiger partial charge is 0.329 e. The van der Waals surface area contributed by atoms with Gasteiger partial charge in [-0.05, 0) is 42.3 Å². The molecular weight excluding hydrogens is 388 g/mol. The molecule has 1 aliphatic rings. The number of nitrogens with zero attached hydrogens (tertiary/aromatic N) is 2. The van der Waals surface area contributed by atoms with E-state index in [9.17, 15) is 18.7 Å². The maximum Gasteiger partial charge on any atom is 0.329 e. The summed E-state index contributed by atoms with van der Waals surface area (Å²) < 4.78 is 27.5. The highest BCUT2D eigenvalue weighted by atomic mass is 35.5. The van der Waals surface area contributed by atoms with E-state index in [1.807, 2.05) is 13.0 Å². The van der Waals surface area contributed by atoms with Crippen molar-refractivity contribution < 1.29 is 13.9 Å². The van der Waals surface area contributed by atoms with E-state index in [4.69, 9.17) is 11.6 Å². The molecule has 3 aromatic rings. The summed E-state index contributed by atoms with van der Waals surface area (Å²) in [5.41, 5.74) is 3.06. The van der Waals surface area contributed by atoms with Gasteiger partial charge in [-0.1, -0.05) is 23.7 Å². The molecule has 0 spiro atoms. The van der Waals surface area contributed by atoms with E-state index >= 15 is 0 Å². The Bertz CT molecular complexity index is 1220. The number of halogens is 3. The molecule has 0 radical (unpaired) electrons. The average molecular weight is 402 g/mol. The van der Waals surface area contributed by atoms with Crippen LogP contribution in [0.25, 0.3) is 11.6 Å². The zero-order chi connectivity index (χ0) is 20.0. The minimum Gasteiger partial charge on any atom is -0.493 e. The number of imidazole rings is 1. The summed E-state index contributed by atoms with van der Waals surface area (Å²) >= 11 is 6.11. The Hall–Kier alpha value is -3.19. The van der Waals surface area contributed by atoms with Gasteiger partial charge in [0.2, 0.25) is 5.88 Å². The number of hydrogen-bond donors (Lipinski definition) is 2. The van der Waals surface area contributed by atoms with Gasteiger partial charge >= 0.3 is 5.69 Å². The van der Waals surface area contributed by atoms with Gasteiger partial charge in [0, 0.05) is 22.4 Å². The lowest BCUT2D eigenvalue weighted by Gasteiger charge is -2.05. The summed E-state index contributed by atoms with van der Waals surface area (Å²) in [6.45, 7) is 1.75. The van der Waals surface area contributed by atoms with Gasteiger partial charge in [0.15, 0.2) is 11.6 Å². The Kier molecular flexibility index (Phi) is 4.39. The molecule has 5 nitrogen and oxygen atoms in total. The van der Waals surface area contributed by atoms with E-state index in [-0.39, 0.29) is 18.1 Å². The highest BCUT2D eigenvalue weighted by Crippen LogP contribution is 2.38. The SMILES string of the molecule is Cc1c(Cl)ccc2c1N=C/C2=C\c1[nH]c(=O)n(Cc2ccc(F)c(F)c2)c1O. The number of aromatic hydroxyl groups is 1. The lowest BCUT2D eigenvalue weighted by atomic mass is 10.0. The van der Waals surface area contributed by atoms with Crippen molar-refractivity contribution in [2.45, 2.75) is 13.5 Å². The number of nitrogens with one attached hydrogen (secondary N) is 1. The molecule has 0 unspecified atom stereocenters. The topological polar surface area (TPSA) is 70.4 Å². The van der Waals surface area contributed by atoms with Crippen LogP contribution in [0, 0.1) is 18.6 Å². The normalized spacial score (nSPS) is 14.1. The van der Waals surface area contributed by atoms with Crippen molar-refractivity contribution in [3.63, 3.8) is 0 Å². The van der Waals surface area contributed by atoms with Crippen LogP contribution in [0.4, 0.5) is 14.5 Å². The van der Waals surface area contributed by atoms with Crippen molar-refractivity contribution in [1.29, 1.82) is 0 Å². The molecule has 8 heteroatoms. The van der Waals surface area contributed by atoms with Crippen molar-refractivity contribution in [1.82, 2.24) is 9.55 Å². The minimum atomic E-state index is -1.02. The van der Waals surface area contributed by atoms with Gasteiger partial charge in [-0.3, -0.25) is 9.56 Å². The van der Waals surface area contributed by atoms with Crippen LogP contribution in [0.2, 0.25) is 5.02 Å². The second-order valence-corrected chi connectivity index (χ2v) is 6.84. The Morgan fingerprint density at radius 1 is 1.25 bits per heavy atom. The first-order valence-electron chi connectivity index (χ1n) is 8.36. The molecule has 2 heterocycles. The fourth-order valence-corrected chi connectivity index (χ4v) is 3.25. The maximum atomic E-state index is 13.4. The molecule has 0 aliphatic carbocycles. The van der Waals surface area contributed by atoms with Gasteiger partial charge in [0.1, 0.15) is 5.69 Å². The fourth-order valence-electron chi connectivity index (χ4n) is 3.10. The van der Waals surface area contributed by atoms with E-state index in [1.54, 1.807) is 18.4 Å². The number of H-pyrrole nitrogens is 1. The molecule has 4 rings (SSSR count). The van der Waals surface area contributed by atoms with E-state index in [0.29, 0.717) is 16.2 Å². The molecule has 1 aliphatic heterocycles. The zero-order valence-corrected chi connectivity index (χ0v) is 15.4. The van der Waals surface area contributed by atoms with Crippen LogP contribution < -0.4 is 5.69 Å². The Morgan fingerprint density at radius 3 is 2.79 bits per heavy atom. The minimum absolute atomic E-state index is 0.110. The Morgan fingerprint density at radius 2 is 2.04 bits per heavy atom. The predicted octanol–water partition coefficient (Wildman–Crippen LogP) is 4.43. The van der Waals surface area contributed by atoms with Crippen LogP contribution in [0.15, 0.2) is 40.1 Å². The number of fused-ring (bicyclic) bond motifs is 1. The summed E-state index contributed by atoms with van der Waals surface area (Å²) in [7, 11) is 0. The molecule has 0 atom stereocenters. The standard InChI is InChI=1S/C20H14ClF2N3O2/c1-10-14(21)4-3-13-12(8-24-18(10)13)7-17-19(27)26(20(28)25-17)9-11-2-5-15(22)16(23)6-11/h2-8,27H,9H2,1H3,(H,25,28)/b12-7+. The summed E-state index contributed by atoms with van der Waals surface area (Å²) in [6.07, 6.45) is 3.22. The second-order valence-electron chi connectivity index (χ2n) is 6.43. The van der Waals surface area contributed by atoms with Crippen LogP contribution in [0.3, 0.4) is 0 Å². The first kappa shape index (κ1) is 18.2. The van der Waals surface area contributed by atoms with Crippen LogP contribution in [0.1, 0.15) is 22.4 Å². The number of rotatable bonds is 3. The average Bonchev–Trinajstić information content (AvgIpc) is 3.18. The van der Waals surface area contributed by atoms with Gasteiger partial charge < -0.3 is 10.1 Å². The van der Waals surface area contributed by atoms with Crippen LogP contribution in [-0.2, 0) is 6.54 Å². The summed E-state index contributed by atoms with van der Waals surface area (Å²) in [4.78, 5) is 19.1. The van der Waals surface area contributed by atoms with E-state index in [0.717, 1.165) is 33.5 Å². The molecule has 2 N–H and O–H groups in total. The zero-order valence-electron chi connectivity index (χ0n) is 14.6. The predicted molar refractivity (Wildman–Crippen MR) is 104 cm³/mol. The monoisotopic (exact) mass is 401 g/mol. The number of aromatic nitrogens is 2. The molecule has 0 bridgehead atoms. The lowest BCUT2D eigenvalue weighted by molar-refractivity contribution is 0.420. The lowest BCUT2D eigenvalue weighted by Crippen LogP contribution is -2.17. The summed E-state index contributed by atoms with van der Waals surface area (Å²) in [5.74, 6) is -2.31. The van der Waals surface area contributed by atoms with Gasteiger partial charge in [-0.15, -0.1) is 0 Å². The highest BCUT2D eigenvalue weighted by molar-refractivity contribution is 6.32. The van der Waals surface area contributed by atoms with E-state index in [1.165, 1.54) is 6.07 Å². The Labute approximate surface area is 163 Å². The third kappa shape index (κ3) is 3.03. The third-order valence-corrected chi connectivity index (χ3v) is 5.03. The van der Waals surface area contributed by atoms with E-state index in [2.05, 4.69) is 9.98 Å². The molecule has 142 valence electrons.